The van der Waals surface area contributed by atoms with Crippen LogP contribution in [0.25, 0.3) is 11.0 Å². The summed E-state index contributed by atoms with van der Waals surface area (Å²) in [6.07, 6.45) is -0.689. The molecule has 0 fully saturated rings. The van der Waals surface area contributed by atoms with Crippen molar-refractivity contribution >= 4 is 11.0 Å². The molecule has 0 aliphatic carbocycles. The molecule has 3 aromatic carbocycles. The highest BCUT2D eigenvalue weighted by molar-refractivity contribution is 5.75. The first-order chi connectivity index (χ1) is 15.4. The number of hydrogen-bond acceptors (Lipinski definition) is 4. The lowest BCUT2D eigenvalue weighted by Gasteiger charge is -2.18. The van der Waals surface area contributed by atoms with Crippen molar-refractivity contribution in [1.29, 1.82) is 0 Å². The lowest BCUT2D eigenvalue weighted by atomic mass is 10.1. The van der Waals surface area contributed by atoms with E-state index >= 15 is 0 Å². The van der Waals surface area contributed by atoms with E-state index in [1.165, 1.54) is 0 Å². The van der Waals surface area contributed by atoms with Crippen LogP contribution in [0.1, 0.15) is 28.1 Å². The smallest absolute Gasteiger partial charge is 0.148 e. The van der Waals surface area contributed by atoms with E-state index in [0.29, 0.717) is 13.2 Å². The van der Waals surface area contributed by atoms with E-state index in [1.54, 1.807) is 0 Å². The molecule has 4 aromatic rings. The Labute approximate surface area is 189 Å². The molecule has 0 saturated carbocycles. The largest absolute Gasteiger partial charge is 0.490 e. The number of aromatic nitrogens is 2. The highest BCUT2D eigenvalue weighted by atomic mass is 16.5. The lowest BCUT2D eigenvalue weighted by Crippen LogP contribution is -2.25. The van der Waals surface area contributed by atoms with E-state index in [1.807, 2.05) is 92.9 Å². The second kappa shape index (κ2) is 9.45. The topological polar surface area (TPSA) is 56.5 Å². The third-order valence-electron chi connectivity index (χ3n) is 5.71. The molecule has 1 atom stereocenters. The predicted molar refractivity (Wildman–Crippen MR) is 127 cm³/mol. The summed E-state index contributed by atoms with van der Waals surface area (Å²) in [7, 11) is 0. The first-order valence-electron chi connectivity index (χ1n) is 10.9. The Kier molecular flexibility index (Phi) is 6.47. The quantitative estimate of drug-likeness (QED) is 0.413. The van der Waals surface area contributed by atoms with Gasteiger partial charge in [0.25, 0.3) is 0 Å². The number of rotatable bonds is 8. The summed E-state index contributed by atoms with van der Waals surface area (Å²) in [4.78, 5) is 4.77. The fourth-order valence-corrected chi connectivity index (χ4v) is 4.07. The van der Waals surface area contributed by atoms with Crippen LogP contribution >= 0.6 is 0 Å². The van der Waals surface area contributed by atoms with E-state index in [4.69, 9.17) is 14.5 Å². The molecule has 5 heteroatoms. The summed E-state index contributed by atoms with van der Waals surface area (Å²) < 4.78 is 14.2. The van der Waals surface area contributed by atoms with Gasteiger partial charge in [0.1, 0.15) is 36.6 Å². The first kappa shape index (κ1) is 21.9. The normalized spacial score (nSPS) is 12.2. The molecule has 0 aliphatic rings. The maximum absolute atomic E-state index is 10.8. The zero-order valence-electron chi connectivity index (χ0n) is 19.1. The van der Waals surface area contributed by atoms with Gasteiger partial charge in [-0.3, -0.25) is 0 Å². The number of aliphatic hydroxyl groups is 1. The van der Waals surface area contributed by atoms with Crippen molar-refractivity contribution in [2.24, 2.45) is 0 Å². The van der Waals surface area contributed by atoms with Crippen LogP contribution in [0.4, 0.5) is 0 Å². The summed E-state index contributed by atoms with van der Waals surface area (Å²) in [6.45, 7) is 9.01. The van der Waals surface area contributed by atoms with E-state index in [2.05, 4.69) is 0 Å². The Bertz CT molecular complexity index is 1190. The second-order valence-electron chi connectivity index (χ2n) is 8.32. The molecule has 32 heavy (non-hydrogen) atoms. The molecule has 0 bridgehead atoms. The van der Waals surface area contributed by atoms with Gasteiger partial charge in [-0.2, -0.15) is 0 Å². The third-order valence-corrected chi connectivity index (χ3v) is 5.71. The van der Waals surface area contributed by atoms with E-state index in [9.17, 15) is 5.11 Å². The number of para-hydroxylation sites is 4. The number of benzene rings is 3. The minimum Gasteiger partial charge on any atom is -0.490 e. The van der Waals surface area contributed by atoms with E-state index < -0.39 is 6.10 Å². The van der Waals surface area contributed by atoms with Crippen LogP contribution in [-0.4, -0.2) is 27.4 Å². The number of hydrogen-bond donors (Lipinski definition) is 1. The summed E-state index contributed by atoms with van der Waals surface area (Å²) in [5.41, 5.74) is 6.17. The summed E-state index contributed by atoms with van der Waals surface area (Å²) in [6, 6.07) is 20.1. The van der Waals surface area contributed by atoms with Crippen LogP contribution in [-0.2, 0) is 13.2 Å². The van der Waals surface area contributed by atoms with Gasteiger partial charge in [-0.15, -0.1) is 0 Å². The molecule has 0 radical (unpaired) electrons. The number of fused-ring (bicyclic) bond motifs is 1. The molecule has 1 N–H and O–H groups in total. The highest BCUT2D eigenvalue weighted by Gasteiger charge is 2.17. The van der Waals surface area contributed by atoms with Gasteiger partial charge < -0.3 is 19.1 Å². The molecule has 0 amide bonds. The fourth-order valence-electron chi connectivity index (χ4n) is 4.07. The molecular formula is C27H30N2O3. The Morgan fingerprint density at radius 2 is 1.34 bits per heavy atom. The molecule has 1 unspecified atom stereocenters. The summed E-state index contributed by atoms with van der Waals surface area (Å²) in [5.74, 6) is 2.49. The Morgan fingerprint density at radius 1 is 0.781 bits per heavy atom. The maximum Gasteiger partial charge on any atom is 0.148 e. The SMILES string of the molecule is Cc1cccc(C)c1OCc1nc2ccccc2n1CC(O)COc1c(C)cccc1C. The van der Waals surface area contributed by atoms with Crippen molar-refractivity contribution in [3.05, 3.63) is 88.7 Å². The van der Waals surface area contributed by atoms with Gasteiger partial charge in [0.15, 0.2) is 0 Å². The number of ether oxygens (including phenoxy) is 2. The van der Waals surface area contributed by atoms with Gasteiger partial charge in [-0.1, -0.05) is 48.5 Å². The van der Waals surface area contributed by atoms with Gasteiger partial charge >= 0.3 is 0 Å². The lowest BCUT2D eigenvalue weighted by molar-refractivity contribution is 0.0911. The minimum atomic E-state index is -0.689. The summed E-state index contributed by atoms with van der Waals surface area (Å²) >= 11 is 0. The van der Waals surface area contributed by atoms with Crippen LogP contribution in [0.2, 0.25) is 0 Å². The van der Waals surface area contributed by atoms with Crippen molar-refractivity contribution in [2.75, 3.05) is 6.61 Å². The molecule has 5 nitrogen and oxygen atoms in total. The van der Waals surface area contributed by atoms with Gasteiger partial charge in [0.05, 0.1) is 17.6 Å². The van der Waals surface area contributed by atoms with Gasteiger partial charge in [-0.05, 0) is 62.1 Å². The Balaban J connectivity index is 1.53. The van der Waals surface area contributed by atoms with Crippen molar-refractivity contribution in [2.45, 2.75) is 47.0 Å². The molecule has 0 aliphatic heterocycles. The van der Waals surface area contributed by atoms with Crippen LogP contribution in [0.3, 0.4) is 0 Å². The monoisotopic (exact) mass is 430 g/mol. The second-order valence-corrected chi connectivity index (χ2v) is 8.32. The van der Waals surface area contributed by atoms with Gasteiger partial charge in [-0.25, -0.2) is 4.98 Å². The summed E-state index contributed by atoms with van der Waals surface area (Å²) in [5, 5.41) is 10.8. The molecule has 1 heterocycles. The maximum atomic E-state index is 10.8. The van der Waals surface area contributed by atoms with Crippen molar-refractivity contribution in [3.63, 3.8) is 0 Å². The van der Waals surface area contributed by atoms with Crippen molar-refractivity contribution < 1.29 is 14.6 Å². The molecule has 0 saturated heterocycles. The average Bonchev–Trinajstić information content (AvgIpc) is 3.10. The highest BCUT2D eigenvalue weighted by Crippen LogP contribution is 2.25. The van der Waals surface area contributed by atoms with Crippen molar-refractivity contribution in [3.8, 4) is 11.5 Å². The van der Waals surface area contributed by atoms with Crippen LogP contribution in [0, 0.1) is 27.7 Å². The van der Waals surface area contributed by atoms with Gasteiger partial charge in [0, 0.05) is 0 Å². The first-order valence-corrected chi connectivity index (χ1v) is 10.9. The minimum absolute atomic E-state index is 0.204. The number of nitrogens with zero attached hydrogens (tertiary/aromatic N) is 2. The Morgan fingerprint density at radius 3 is 1.97 bits per heavy atom. The van der Waals surface area contributed by atoms with Crippen LogP contribution in [0.15, 0.2) is 60.7 Å². The van der Waals surface area contributed by atoms with E-state index in [-0.39, 0.29) is 6.61 Å². The number of imidazole rings is 1. The standard InChI is InChI=1S/C27H30N2O3/c1-18-9-7-10-19(2)26(18)31-16-22(30)15-29-24-14-6-5-13-23(24)28-25(29)17-32-27-20(3)11-8-12-21(27)4/h5-14,22,30H,15-17H2,1-4H3. The molecule has 166 valence electrons. The Hall–Kier alpha value is -3.31. The molecular weight excluding hydrogens is 400 g/mol. The third kappa shape index (κ3) is 4.63. The van der Waals surface area contributed by atoms with Crippen molar-refractivity contribution in [1.82, 2.24) is 9.55 Å². The van der Waals surface area contributed by atoms with Crippen LogP contribution in [0.5, 0.6) is 11.5 Å². The predicted octanol–water partition coefficient (Wildman–Crippen LogP) is 5.29. The number of aryl methyl sites for hydroxylation is 4. The average molecular weight is 431 g/mol. The molecule has 0 spiro atoms. The molecule has 1 aromatic heterocycles. The van der Waals surface area contributed by atoms with Gasteiger partial charge in [0.2, 0.25) is 0 Å². The number of aliphatic hydroxyl groups excluding tert-OH is 1. The zero-order chi connectivity index (χ0) is 22.7. The van der Waals surface area contributed by atoms with Crippen LogP contribution < -0.4 is 9.47 Å². The van der Waals surface area contributed by atoms with E-state index in [0.717, 1.165) is 50.6 Å². The molecule has 4 rings (SSSR count). The zero-order valence-corrected chi connectivity index (χ0v) is 19.1. The fraction of sp³-hybridized carbons (Fsp3) is 0.296.